The lowest BCUT2D eigenvalue weighted by Crippen LogP contribution is -2.35. The van der Waals surface area contributed by atoms with Gasteiger partial charge in [-0.15, -0.1) is 0 Å². The number of nitrogens with zero attached hydrogens (tertiary/aromatic N) is 2. The van der Waals surface area contributed by atoms with Crippen LogP contribution in [0.15, 0.2) is 34.9 Å². The maximum Gasteiger partial charge on any atom is 0.269 e. The minimum Gasteiger partial charge on any atom is -0.364 e. The third kappa shape index (κ3) is 4.15. The van der Waals surface area contributed by atoms with E-state index in [-0.39, 0.29) is 11.2 Å². The standard InChI is InChI=1S/C15H19BrN4O/c1-15(2,3)18-9-10-8-11(16)4-5-13(10)20-7-6-12(19-20)14(17)21/h4-8,18H,9H2,1-3H3,(H2,17,21). The van der Waals surface area contributed by atoms with Crippen molar-refractivity contribution in [2.75, 3.05) is 0 Å². The van der Waals surface area contributed by atoms with E-state index in [1.807, 2.05) is 18.2 Å². The summed E-state index contributed by atoms with van der Waals surface area (Å²) in [6.45, 7) is 7.04. The Hall–Kier alpha value is -1.66. The monoisotopic (exact) mass is 350 g/mol. The average molecular weight is 351 g/mol. The van der Waals surface area contributed by atoms with E-state index >= 15 is 0 Å². The second kappa shape index (κ2) is 5.99. The molecule has 1 aromatic carbocycles. The molecule has 112 valence electrons. The number of hydrogen-bond donors (Lipinski definition) is 2. The Morgan fingerprint density at radius 1 is 1.38 bits per heavy atom. The summed E-state index contributed by atoms with van der Waals surface area (Å²) >= 11 is 3.49. The van der Waals surface area contributed by atoms with Gasteiger partial charge in [0.25, 0.3) is 5.91 Å². The lowest BCUT2D eigenvalue weighted by Gasteiger charge is -2.21. The molecule has 0 aliphatic carbocycles. The van der Waals surface area contributed by atoms with Crippen LogP contribution in [0.25, 0.3) is 5.69 Å². The zero-order valence-electron chi connectivity index (χ0n) is 12.4. The SMILES string of the molecule is CC(C)(C)NCc1cc(Br)ccc1-n1ccc(C(N)=O)n1. The van der Waals surface area contributed by atoms with Crippen LogP contribution in [-0.4, -0.2) is 21.2 Å². The summed E-state index contributed by atoms with van der Waals surface area (Å²) in [4.78, 5) is 11.2. The molecule has 0 unspecified atom stereocenters. The Balaban J connectivity index is 2.35. The highest BCUT2D eigenvalue weighted by molar-refractivity contribution is 9.10. The normalized spacial score (nSPS) is 11.6. The van der Waals surface area contributed by atoms with Crippen LogP contribution in [0.3, 0.4) is 0 Å². The molecular weight excluding hydrogens is 332 g/mol. The van der Waals surface area contributed by atoms with E-state index in [1.54, 1.807) is 16.9 Å². The van der Waals surface area contributed by atoms with Gasteiger partial charge in [0.05, 0.1) is 5.69 Å². The molecule has 3 N–H and O–H groups in total. The highest BCUT2D eigenvalue weighted by Crippen LogP contribution is 2.20. The minimum absolute atomic E-state index is 0.0160. The Morgan fingerprint density at radius 2 is 2.10 bits per heavy atom. The Kier molecular flexibility index (Phi) is 4.49. The summed E-state index contributed by atoms with van der Waals surface area (Å²) in [5, 5.41) is 7.67. The summed E-state index contributed by atoms with van der Waals surface area (Å²) in [6.07, 6.45) is 1.74. The maximum absolute atomic E-state index is 11.2. The summed E-state index contributed by atoms with van der Waals surface area (Å²) in [5.41, 5.74) is 7.52. The number of aromatic nitrogens is 2. The molecule has 2 aromatic rings. The van der Waals surface area contributed by atoms with Crippen LogP contribution < -0.4 is 11.1 Å². The molecule has 1 amide bonds. The first-order chi connectivity index (χ1) is 9.76. The quantitative estimate of drug-likeness (QED) is 0.889. The molecule has 1 heterocycles. The largest absolute Gasteiger partial charge is 0.364 e. The predicted molar refractivity (Wildman–Crippen MR) is 86.4 cm³/mol. The maximum atomic E-state index is 11.2. The lowest BCUT2D eigenvalue weighted by molar-refractivity contribution is 0.0995. The molecule has 1 aromatic heterocycles. The summed E-state index contributed by atoms with van der Waals surface area (Å²) < 4.78 is 2.67. The van der Waals surface area contributed by atoms with Crippen molar-refractivity contribution >= 4 is 21.8 Å². The van der Waals surface area contributed by atoms with Gasteiger partial charge < -0.3 is 11.1 Å². The minimum atomic E-state index is -0.528. The van der Waals surface area contributed by atoms with Crippen molar-refractivity contribution in [3.05, 3.63) is 46.2 Å². The van der Waals surface area contributed by atoms with E-state index < -0.39 is 5.91 Å². The highest BCUT2D eigenvalue weighted by Gasteiger charge is 2.13. The fourth-order valence-electron chi connectivity index (χ4n) is 1.87. The van der Waals surface area contributed by atoms with Gasteiger partial charge in [-0.1, -0.05) is 15.9 Å². The van der Waals surface area contributed by atoms with Crippen molar-refractivity contribution in [1.82, 2.24) is 15.1 Å². The molecule has 0 atom stereocenters. The van der Waals surface area contributed by atoms with Crippen molar-refractivity contribution in [3.63, 3.8) is 0 Å². The predicted octanol–water partition coefficient (Wildman–Crippen LogP) is 2.62. The third-order valence-electron chi connectivity index (χ3n) is 2.94. The smallest absolute Gasteiger partial charge is 0.269 e. The first-order valence-corrected chi connectivity index (χ1v) is 7.45. The molecule has 2 rings (SSSR count). The molecule has 0 saturated heterocycles. The van der Waals surface area contributed by atoms with E-state index in [4.69, 9.17) is 5.73 Å². The molecular formula is C15H19BrN4O. The van der Waals surface area contributed by atoms with Gasteiger partial charge in [-0.25, -0.2) is 4.68 Å². The summed E-state index contributed by atoms with van der Waals surface area (Å²) in [7, 11) is 0. The molecule has 0 spiro atoms. The van der Waals surface area contributed by atoms with Crippen molar-refractivity contribution in [2.24, 2.45) is 5.73 Å². The number of nitrogens with one attached hydrogen (secondary N) is 1. The van der Waals surface area contributed by atoms with Gasteiger partial charge in [-0.3, -0.25) is 4.79 Å². The van der Waals surface area contributed by atoms with Gasteiger partial charge >= 0.3 is 0 Å². The molecule has 5 nitrogen and oxygen atoms in total. The van der Waals surface area contributed by atoms with Crippen LogP contribution in [-0.2, 0) is 6.54 Å². The number of amides is 1. The van der Waals surface area contributed by atoms with Crippen molar-refractivity contribution < 1.29 is 4.79 Å². The van der Waals surface area contributed by atoms with Gasteiger partial charge in [-0.2, -0.15) is 5.10 Å². The van der Waals surface area contributed by atoms with Gasteiger partial charge in [0.15, 0.2) is 0 Å². The fraction of sp³-hybridized carbons (Fsp3) is 0.333. The third-order valence-corrected chi connectivity index (χ3v) is 3.43. The number of halogens is 1. The first-order valence-electron chi connectivity index (χ1n) is 6.65. The Bertz CT molecular complexity index is 658. The van der Waals surface area contributed by atoms with Crippen LogP contribution in [0.4, 0.5) is 0 Å². The second-order valence-electron chi connectivity index (χ2n) is 5.89. The van der Waals surface area contributed by atoms with Crippen LogP contribution in [0.2, 0.25) is 0 Å². The van der Waals surface area contributed by atoms with Crippen LogP contribution in [0.5, 0.6) is 0 Å². The number of hydrogen-bond acceptors (Lipinski definition) is 3. The van der Waals surface area contributed by atoms with Crippen molar-refractivity contribution in [1.29, 1.82) is 0 Å². The number of carbonyl (C=O) groups excluding carboxylic acids is 1. The average Bonchev–Trinajstić information content (AvgIpc) is 2.85. The van der Waals surface area contributed by atoms with Crippen LogP contribution in [0.1, 0.15) is 36.8 Å². The summed E-state index contributed by atoms with van der Waals surface area (Å²) in [6, 6.07) is 7.56. The molecule has 6 heteroatoms. The van der Waals surface area contributed by atoms with Gasteiger partial charge in [-0.05, 0) is 50.6 Å². The molecule has 0 aliphatic rings. The molecule has 0 fully saturated rings. The number of primary amides is 1. The summed E-state index contributed by atoms with van der Waals surface area (Å²) in [5.74, 6) is -0.528. The number of rotatable bonds is 4. The number of carbonyl (C=O) groups is 1. The molecule has 21 heavy (non-hydrogen) atoms. The van der Waals surface area contributed by atoms with Crippen molar-refractivity contribution in [3.8, 4) is 5.69 Å². The lowest BCUT2D eigenvalue weighted by atomic mass is 10.1. The van der Waals surface area contributed by atoms with Gasteiger partial charge in [0, 0.05) is 22.8 Å². The first kappa shape index (κ1) is 15.7. The van der Waals surface area contributed by atoms with Gasteiger partial charge in [0.2, 0.25) is 0 Å². The second-order valence-corrected chi connectivity index (χ2v) is 6.80. The van der Waals surface area contributed by atoms with E-state index in [0.29, 0.717) is 6.54 Å². The van der Waals surface area contributed by atoms with E-state index in [2.05, 4.69) is 47.1 Å². The van der Waals surface area contributed by atoms with Crippen LogP contribution in [0, 0.1) is 0 Å². The zero-order valence-corrected chi connectivity index (χ0v) is 13.9. The molecule has 0 bridgehead atoms. The molecule has 0 radical (unpaired) electrons. The van der Waals surface area contributed by atoms with Crippen molar-refractivity contribution in [2.45, 2.75) is 32.9 Å². The van der Waals surface area contributed by atoms with Crippen LogP contribution >= 0.6 is 15.9 Å². The highest BCUT2D eigenvalue weighted by atomic mass is 79.9. The Labute approximate surface area is 132 Å². The fourth-order valence-corrected chi connectivity index (χ4v) is 2.28. The molecule has 0 aliphatic heterocycles. The van der Waals surface area contributed by atoms with E-state index in [9.17, 15) is 4.79 Å². The molecule has 0 saturated carbocycles. The van der Waals surface area contributed by atoms with Gasteiger partial charge in [0.1, 0.15) is 5.69 Å². The Morgan fingerprint density at radius 3 is 2.67 bits per heavy atom. The van der Waals surface area contributed by atoms with E-state index in [1.165, 1.54) is 0 Å². The van der Waals surface area contributed by atoms with E-state index in [0.717, 1.165) is 15.7 Å². The number of nitrogens with two attached hydrogens (primary N) is 1. The topological polar surface area (TPSA) is 72.9 Å². The zero-order chi connectivity index (χ0) is 15.6. The number of benzene rings is 1.